The van der Waals surface area contributed by atoms with Crippen LogP contribution in [-0.4, -0.2) is 11.6 Å². The predicted molar refractivity (Wildman–Crippen MR) is 53.6 cm³/mol. The van der Waals surface area contributed by atoms with Gasteiger partial charge in [-0.05, 0) is 25.7 Å². The highest BCUT2D eigenvalue weighted by Crippen LogP contribution is 2.12. The summed E-state index contributed by atoms with van der Waals surface area (Å²) in [6.45, 7) is 5.65. The molecule has 0 aromatic carbocycles. The third-order valence-electron chi connectivity index (χ3n) is 2.09. The van der Waals surface area contributed by atoms with Crippen molar-refractivity contribution < 1.29 is 9.59 Å². The molecule has 0 saturated carbocycles. The maximum absolute atomic E-state index is 11.2. The molecule has 2 heteroatoms. The summed E-state index contributed by atoms with van der Waals surface area (Å²) < 4.78 is 0. The van der Waals surface area contributed by atoms with Crippen LogP contribution in [0.1, 0.15) is 52.9 Å². The smallest absolute Gasteiger partial charge is 0.133 e. The first-order chi connectivity index (χ1) is 6.06. The lowest BCUT2D eigenvalue weighted by Crippen LogP contribution is -2.06. The van der Waals surface area contributed by atoms with Gasteiger partial charge < -0.3 is 4.79 Å². The van der Waals surface area contributed by atoms with Crippen molar-refractivity contribution in [3.05, 3.63) is 0 Å². The van der Waals surface area contributed by atoms with Crippen LogP contribution in [0.25, 0.3) is 0 Å². The van der Waals surface area contributed by atoms with Crippen molar-refractivity contribution in [3.8, 4) is 0 Å². The van der Waals surface area contributed by atoms with Crippen LogP contribution >= 0.6 is 0 Å². The van der Waals surface area contributed by atoms with Crippen molar-refractivity contribution in [1.82, 2.24) is 0 Å². The minimum absolute atomic E-state index is 0.217. The number of hydrogen-bond acceptors (Lipinski definition) is 2. The molecule has 0 bridgehead atoms. The fourth-order valence-corrected chi connectivity index (χ4v) is 1.32. The second-order valence-corrected chi connectivity index (χ2v) is 3.84. The van der Waals surface area contributed by atoms with Gasteiger partial charge in [0.2, 0.25) is 0 Å². The first kappa shape index (κ1) is 12.3. The molecule has 76 valence electrons. The third kappa shape index (κ3) is 7.69. The van der Waals surface area contributed by atoms with Gasteiger partial charge in [0.05, 0.1) is 0 Å². The molecule has 0 heterocycles. The van der Waals surface area contributed by atoms with Crippen molar-refractivity contribution in [2.45, 2.75) is 52.9 Å². The Balaban J connectivity index is 3.55. The maximum Gasteiger partial charge on any atom is 0.133 e. The zero-order valence-electron chi connectivity index (χ0n) is 8.93. The average molecular weight is 184 g/mol. The van der Waals surface area contributed by atoms with Crippen molar-refractivity contribution in [1.29, 1.82) is 0 Å². The third-order valence-corrected chi connectivity index (χ3v) is 2.09. The molecule has 0 fully saturated rings. The summed E-state index contributed by atoms with van der Waals surface area (Å²) >= 11 is 0. The Labute approximate surface area is 80.7 Å². The molecular formula is C11H20O2. The first-order valence-corrected chi connectivity index (χ1v) is 5.07. The van der Waals surface area contributed by atoms with E-state index in [1.54, 1.807) is 6.92 Å². The molecule has 0 radical (unpaired) electrons. The van der Waals surface area contributed by atoms with Crippen molar-refractivity contribution in [2.75, 3.05) is 0 Å². The highest BCUT2D eigenvalue weighted by atomic mass is 16.1. The van der Waals surface area contributed by atoms with Gasteiger partial charge in [0.15, 0.2) is 0 Å². The monoisotopic (exact) mass is 184 g/mol. The van der Waals surface area contributed by atoms with Crippen molar-refractivity contribution >= 4 is 11.6 Å². The number of carbonyl (C=O) groups is 2. The number of carbonyl (C=O) groups excluding carboxylic acids is 2. The van der Waals surface area contributed by atoms with Crippen LogP contribution in [0, 0.1) is 5.92 Å². The predicted octanol–water partition coefficient (Wildman–Crippen LogP) is 2.75. The van der Waals surface area contributed by atoms with Gasteiger partial charge in [0.25, 0.3) is 0 Å². The summed E-state index contributed by atoms with van der Waals surface area (Å²) in [5, 5.41) is 0. The fraction of sp³-hybridized carbons (Fsp3) is 0.818. The molecule has 1 unspecified atom stereocenters. The van der Waals surface area contributed by atoms with E-state index in [1.165, 1.54) is 0 Å². The first-order valence-electron chi connectivity index (χ1n) is 5.07. The molecule has 0 aliphatic carbocycles. The molecule has 0 aromatic rings. The fourth-order valence-electron chi connectivity index (χ4n) is 1.32. The number of rotatable bonds is 7. The van der Waals surface area contributed by atoms with Crippen LogP contribution in [0.4, 0.5) is 0 Å². The molecule has 0 saturated heterocycles. The molecule has 13 heavy (non-hydrogen) atoms. The van der Waals surface area contributed by atoms with E-state index in [-0.39, 0.29) is 5.78 Å². The molecular weight excluding hydrogens is 164 g/mol. The normalized spacial score (nSPS) is 12.5. The van der Waals surface area contributed by atoms with Gasteiger partial charge in [-0.15, -0.1) is 0 Å². The average Bonchev–Trinajstić information content (AvgIpc) is 2.01. The lowest BCUT2D eigenvalue weighted by molar-refractivity contribution is -0.121. The SMILES string of the molecule is CCCC(=O)CC(C)CCC(C)=O. The molecule has 0 aliphatic heterocycles. The highest BCUT2D eigenvalue weighted by Gasteiger charge is 2.08. The molecule has 2 nitrogen and oxygen atoms in total. The summed E-state index contributed by atoms with van der Waals surface area (Å²) in [5.74, 6) is 0.913. The Morgan fingerprint density at radius 2 is 1.85 bits per heavy atom. The van der Waals surface area contributed by atoms with Crippen molar-refractivity contribution in [2.24, 2.45) is 5.92 Å². The quantitative estimate of drug-likeness (QED) is 0.609. The lowest BCUT2D eigenvalue weighted by atomic mass is 9.96. The largest absolute Gasteiger partial charge is 0.300 e. The Kier molecular flexibility index (Phi) is 6.47. The van der Waals surface area contributed by atoms with E-state index in [2.05, 4.69) is 0 Å². The summed E-state index contributed by atoms with van der Waals surface area (Å²) in [6, 6.07) is 0. The molecule has 0 spiro atoms. The molecule has 1 atom stereocenters. The lowest BCUT2D eigenvalue weighted by Gasteiger charge is -2.08. The standard InChI is InChI=1S/C11H20O2/c1-4-5-11(13)8-9(2)6-7-10(3)12/h9H,4-8H2,1-3H3. The van der Waals surface area contributed by atoms with Crippen LogP contribution in [0.2, 0.25) is 0 Å². The van der Waals surface area contributed by atoms with Gasteiger partial charge in [-0.1, -0.05) is 13.8 Å². The summed E-state index contributed by atoms with van der Waals surface area (Å²) in [7, 11) is 0. The number of hydrogen-bond donors (Lipinski definition) is 0. The summed E-state index contributed by atoms with van der Waals surface area (Å²) in [5.41, 5.74) is 0. The van der Waals surface area contributed by atoms with Gasteiger partial charge in [-0.2, -0.15) is 0 Å². The molecule has 0 aromatic heterocycles. The van der Waals surface area contributed by atoms with E-state index < -0.39 is 0 Å². The van der Waals surface area contributed by atoms with Crippen LogP contribution in [0.15, 0.2) is 0 Å². The molecule has 0 aliphatic rings. The second-order valence-electron chi connectivity index (χ2n) is 3.84. The Hall–Kier alpha value is -0.660. The van der Waals surface area contributed by atoms with E-state index in [0.29, 0.717) is 31.0 Å². The van der Waals surface area contributed by atoms with E-state index in [0.717, 1.165) is 12.8 Å². The molecule has 0 rings (SSSR count). The molecule has 0 amide bonds. The van der Waals surface area contributed by atoms with Gasteiger partial charge in [-0.25, -0.2) is 0 Å². The topological polar surface area (TPSA) is 34.1 Å². The summed E-state index contributed by atoms with van der Waals surface area (Å²) in [4.78, 5) is 21.9. The number of Topliss-reactive ketones (excluding diaryl/α,β-unsaturated/α-hetero) is 2. The maximum atomic E-state index is 11.2. The second kappa shape index (κ2) is 6.81. The van der Waals surface area contributed by atoms with E-state index in [4.69, 9.17) is 0 Å². The Morgan fingerprint density at radius 3 is 2.31 bits per heavy atom. The number of ketones is 2. The highest BCUT2D eigenvalue weighted by molar-refractivity contribution is 5.78. The summed E-state index contributed by atoms with van der Waals surface area (Å²) in [6.07, 6.45) is 3.72. The van der Waals surface area contributed by atoms with Crippen molar-refractivity contribution in [3.63, 3.8) is 0 Å². The van der Waals surface area contributed by atoms with Gasteiger partial charge in [-0.3, -0.25) is 4.79 Å². The van der Waals surface area contributed by atoms with Crippen LogP contribution in [-0.2, 0) is 9.59 Å². The minimum Gasteiger partial charge on any atom is -0.300 e. The van der Waals surface area contributed by atoms with Gasteiger partial charge in [0.1, 0.15) is 11.6 Å². The Bertz CT molecular complexity index is 173. The van der Waals surface area contributed by atoms with Gasteiger partial charge in [0, 0.05) is 19.3 Å². The van der Waals surface area contributed by atoms with Crippen LogP contribution in [0.3, 0.4) is 0 Å². The van der Waals surface area contributed by atoms with Crippen LogP contribution in [0.5, 0.6) is 0 Å². The minimum atomic E-state index is 0.217. The van der Waals surface area contributed by atoms with Crippen LogP contribution < -0.4 is 0 Å². The molecule has 0 N–H and O–H groups in total. The van der Waals surface area contributed by atoms with E-state index in [9.17, 15) is 9.59 Å². The van der Waals surface area contributed by atoms with E-state index >= 15 is 0 Å². The van der Waals surface area contributed by atoms with E-state index in [1.807, 2.05) is 13.8 Å². The zero-order chi connectivity index (χ0) is 10.3. The van der Waals surface area contributed by atoms with Gasteiger partial charge >= 0.3 is 0 Å². The zero-order valence-corrected chi connectivity index (χ0v) is 8.93. The Morgan fingerprint density at radius 1 is 1.23 bits per heavy atom.